The van der Waals surface area contributed by atoms with Crippen LogP contribution in [0.4, 0.5) is 4.39 Å². The van der Waals surface area contributed by atoms with Crippen LogP contribution in [0.25, 0.3) is 21.3 Å². The summed E-state index contributed by atoms with van der Waals surface area (Å²) >= 11 is 1.49. The lowest BCUT2D eigenvalue weighted by Crippen LogP contribution is -2.26. The molecule has 0 amide bonds. The van der Waals surface area contributed by atoms with E-state index in [1.54, 1.807) is 28.8 Å². The van der Waals surface area contributed by atoms with Crippen LogP contribution in [0.15, 0.2) is 53.3 Å². The van der Waals surface area contributed by atoms with Crippen LogP contribution in [0.5, 0.6) is 0 Å². The Morgan fingerprint density at radius 2 is 1.97 bits per heavy atom. The summed E-state index contributed by atoms with van der Waals surface area (Å²) in [4.78, 5) is 20.2. The number of nitrogens with zero attached hydrogens (tertiary/aromatic N) is 3. The Kier molecular flexibility index (Phi) is 5.47. The fraction of sp³-hybridized carbons (Fsp3) is 0.208. The third kappa shape index (κ3) is 3.64. The summed E-state index contributed by atoms with van der Waals surface area (Å²) in [6.07, 6.45) is 1.55. The molecule has 0 saturated heterocycles. The molecular formula is C24H20FN3OS. The number of rotatable bonds is 5. The summed E-state index contributed by atoms with van der Waals surface area (Å²) in [6, 6.07) is 15.6. The van der Waals surface area contributed by atoms with Crippen molar-refractivity contribution in [1.29, 1.82) is 5.26 Å². The molecular weight excluding hydrogens is 397 g/mol. The van der Waals surface area contributed by atoms with Crippen molar-refractivity contribution < 1.29 is 4.39 Å². The second-order valence-corrected chi connectivity index (χ2v) is 8.40. The third-order valence-electron chi connectivity index (χ3n) is 5.07. The molecule has 0 aliphatic heterocycles. The van der Waals surface area contributed by atoms with E-state index in [1.165, 1.54) is 23.5 Å². The number of aromatic nitrogens is 2. The van der Waals surface area contributed by atoms with Gasteiger partial charge in [0.05, 0.1) is 23.6 Å². The van der Waals surface area contributed by atoms with E-state index < -0.39 is 0 Å². The topological polar surface area (TPSA) is 58.7 Å². The van der Waals surface area contributed by atoms with E-state index in [0.717, 1.165) is 33.8 Å². The molecule has 0 aliphatic rings. The van der Waals surface area contributed by atoms with Crippen LogP contribution in [0, 0.1) is 24.1 Å². The number of thiophene rings is 1. The lowest BCUT2D eigenvalue weighted by Gasteiger charge is -2.13. The van der Waals surface area contributed by atoms with Crippen molar-refractivity contribution in [3.63, 3.8) is 0 Å². The zero-order valence-corrected chi connectivity index (χ0v) is 17.6. The smallest absolute Gasteiger partial charge is 0.263 e. The van der Waals surface area contributed by atoms with E-state index in [0.29, 0.717) is 28.7 Å². The van der Waals surface area contributed by atoms with Gasteiger partial charge in [0, 0.05) is 16.9 Å². The van der Waals surface area contributed by atoms with Crippen molar-refractivity contribution in [2.45, 2.75) is 33.2 Å². The number of hydrogen-bond donors (Lipinski definition) is 0. The summed E-state index contributed by atoms with van der Waals surface area (Å²) < 4.78 is 15.1. The van der Waals surface area contributed by atoms with Gasteiger partial charge < -0.3 is 0 Å². The first kappa shape index (κ1) is 20.0. The molecule has 4 nitrogen and oxygen atoms in total. The molecule has 6 heteroatoms. The summed E-state index contributed by atoms with van der Waals surface area (Å²) in [5.41, 5.74) is 2.96. The Labute approximate surface area is 177 Å². The number of aryl methyl sites for hydroxylation is 2. The van der Waals surface area contributed by atoms with E-state index in [2.05, 4.69) is 13.0 Å². The minimum absolute atomic E-state index is 0.102. The number of hydrogen-bond acceptors (Lipinski definition) is 4. The van der Waals surface area contributed by atoms with Crippen molar-refractivity contribution in [3.8, 4) is 17.2 Å². The highest BCUT2D eigenvalue weighted by Gasteiger charge is 2.20. The number of nitriles is 1. The molecule has 150 valence electrons. The average molecular weight is 418 g/mol. The van der Waals surface area contributed by atoms with E-state index in [4.69, 9.17) is 4.98 Å². The Bertz CT molecular complexity index is 1330. The van der Waals surface area contributed by atoms with Crippen molar-refractivity contribution in [2.24, 2.45) is 0 Å². The highest BCUT2D eigenvalue weighted by Crippen LogP contribution is 2.36. The third-order valence-corrected chi connectivity index (χ3v) is 6.07. The lowest BCUT2D eigenvalue weighted by molar-refractivity contribution is 0.628. The lowest BCUT2D eigenvalue weighted by atomic mass is 10.0. The Morgan fingerprint density at radius 3 is 2.67 bits per heavy atom. The molecule has 0 unspecified atom stereocenters. The first-order valence-electron chi connectivity index (χ1n) is 9.79. The summed E-state index contributed by atoms with van der Waals surface area (Å²) in [5.74, 6) is 0.429. The van der Waals surface area contributed by atoms with Crippen LogP contribution in [0.3, 0.4) is 0 Å². The van der Waals surface area contributed by atoms with Gasteiger partial charge in [0.25, 0.3) is 5.56 Å². The molecule has 0 N–H and O–H groups in total. The van der Waals surface area contributed by atoms with Gasteiger partial charge in [0.2, 0.25) is 0 Å². The standard InChI is InChI=1S/C24H20FN3OS/c1-3-5-20-27-23-22(21(15(2)30-23)18-8-10-19(25)11-9-18)24(29)28(20)14-17-7-4-6-16(12-17)13-26/h4,6-12H,3,5,14H2,1-2H3. The van der Waals surface area contributed by atoms with Crippen LogP contribution in [-0.4, -0.2) is 9.55 Å². The highest BCUT2D eigenvalue weighted by atomic mass is 32.1. The molecule has 30 heavy (non-hydrogen) atoms. The second-order valence-electron chi connectivity index (χ2n) is 7.20. The van der Waals surface area contributed by atoms with Gasteiger partial charge in [-0.1, -0.05) is 31.2 Å². The Hall–Kier alpha value is -3.30. The zero-order valence-electron chi connectivity index (χ0n) is 16.8. The van der Waals surface area contributed by atoms with Crippen molar-refractivity contribution >= 4 is 21.6 Å². The minimum Gasteiger partial charge on any atom is -0.292 e. The van der Waals surface area contributed by atoms with Crippen molar-refractivity contribution in [3.05, 3.63) is 86.5 Å². The first-order valence-corrected chi connectivity index (χ1v) is 10.6. The van der Waals surface area contributed by atoms with Gasteiger partial charge in [-0.05, 0) is 48.7 Å². The highest BCUT2D eigenvalue weighted by molar-refractivity contribution is 7.19. The van der Waals surface area contributed by atoms with E-state index in [-0.39, 0.29) is 11.4 Å². The SMILES string of the molecule is CCCc1nc2sc(C)c(-c3ccc(F)cc3)c2c(=O)n1Cc1cccc(C#N)c1. The average Bonchev–Trinajstić information content (AvgIpc) is 3.08. The summed E-state index contributed by atoms with van der Waals surface area (Å²) in [7, 11) is 0. The first-order chi connectivity index (χ1) is 14.5. The van der Waals surface area contributed by atoms with Crippen LogP contribution in [0.2, 0.25) is 0 Å². The molecule has 0 saturated carbocycles. The molecule has 2 aromatic heterocycles. The molecule has 0 bridgehead atoms. The van der Waals surface area contributed by atoms with Gasteiger partial charge in [-0.2, -0.15) is 5.26 Å². The molecule has 0 atom stereocenters. The second kappa shape index (κ2) is 8.21. The molecule has 0 aliphatic carbocycles. The normalized spacial score (nSPS) is 11.0. The van der Waals surface area contributed by atoms with Crippen LogP contribution < -0.4 is 5.56 Å². The van der Waals surface area contributed by atoms with Gasteiger partial charge in [-0.3, -0.25) is 9.36 Å². The molecule has 0 radical (unpaired) electrons. The maximum absolute atomic E-state index is 13.6. The molecule has 0 spiro atoms. The Morgan fingerprint density at radius 1 is 1.20 bits per heavy atom. The van der Waals surface area contributed by atoms with Gasteiger partial charge in [0.1, 0.15) is 16.5 Å². The number of fused-ring (bicyclic) bond motifs is 1. The van der Waals surface area contributed by atoms with Crippen molar-refractivity contribution in [1.82, 2.24) is 9.55 Å². The summed E-state index contributed by atoms with van der Waals surface area (Å²) in [6.45, 7) is 4.37. The van der Waals surface area contributed by atoms with Crippen LogP contribution in [-0.2, 0) is 13.0 Å². The maximum Gasteiger partial charge on any atom is 0.263 e. The van der Waals surface area contributed by atoms with E-state index >= 15 is 0 Å². The zero-order chi connectivity index (χ0) is 21.3. The van der Waals surface area contributed by atoms with Gasteiger partial charge in [0.15, 0.2) is 0 Å². The van der Waals surface area contributed by atoms with Gasteiger partial charge >= 0.3 is 0 Å². The number of benzene rings is 2. The fourth-order valence-corrected chi connectivity index (χ4v) is 4.75. The minimum atomic E-state index is -0.311. The monoisotopic (exact) mass is 417 g/mol. The van der Waals surface area contributed by atoms with Crippen molar-refractivity contribution in [2.75, 3.05) is 0 Å². The fourth-order valence-electron chi connectivity index (χ4n) is 3.70. The molecule has 2 aromatic carbocycles. The Balaban J connectivity index is 1.94. The van der Waals surface area contributed by atoms with Crippen LogP contribution in [0.1, 0.15) is 35.2 Å². The maximum atomic E-state index is 13.6. The van der Waals surface area contributed by atoms with Crippen LogP contribution >= 0.6 is 11.3 Å². The molecule has 0 fully saturated rings. The number of halogens is 1. The predicted molar refractivity (Wildman–Crippen MR) is 118 cm³/mol. The molecule has 4 aromatic rings. The predicted octanol–water partition coefficient (Wildman–Crippen LogP) is 5.45. The molecule has 2 heterocycles. The molecule has 4 rings (SSSR count). The van der Waals surface area contributed by atoms with E-state index in [9.17, 15) is 14.4 Å². The summed E-state index contributed by atoms with van der Waals surface area (Å²) in [5, 5.41) is 9.76. The quantitative estimate of drug-likeness (QED) is 0.434. The van der Waals surface area contributed by atoms with Gasteiger partial charge in [-0.25, -0.2) is 9.37 Å². The van der Waals surface area contributed by atoms with E-state index in [1.807, 2.05) is 19.1 Å². The largest absolute Gasteiger partial charge is 0.292 e. The van der Waals surface area contributed by atoms with Gasteiger partial charge in [-0.15, -0.1) is 11.3 Å².